The van der Waals surface area contributed by atoms with Crippen molar-refractivity contribution in [2.75, 3.05) is 19.6 Å². The Bertz CT molecular complexity index is 394. The summed E-state index contributed by atoms with van der Waals surface area (Å²) in [5.74, 6) is -0.122. The molecule has 0 spiro atoms. The smallest absolute Gasteiger partial charge is 0.354 e. The first kappa shape index (κ1) is 12.1. The Labute approximate surface area is 101 Å². The highest BCUT2D eigenvalue weighted by Crippen LogP contribution is 2.10. The molecule has 1 aliphatic rings. The highest BCUT2D eigenvalue weighted by Gasteiger charge is 2.15. The van der Waals surface area contributed by atoms with E-state index >= 15 is 0 Å². The van der Waals surface area contributed by atoms with Gasteiger partial charge in [0.2, 0.25) is 0 Å². The zero-order valence-corrected chi connectivity index (χ0v) is 10.2. The van der Waals surface area contributed by atoms with Crippen molar-refractivity contribution < 1.29 is 9.90 Å². The quantitative estimate of drug-likeness (QED) is 0.859. The van der Waals surface area contributed by atoms with E-state index in [-0.39, 0.29) is 0 Å². The van der Waals surface area contributed by atoms with Crippen LogP contribution in [0, 0.1) is 6.92 Å². The molecule has 0 amide bonds. The van der Waals surface area contributed by atoms with Gasteiger partial charge in [-0.3, -0.25) is 0 Å². The summed E-state index contributed by atoms with van der Waals surface area (Å²) >= 11 is 0. The van der Waals surface area contributed by atoms with Crippen molar-refractivity contribution in [1.82, 2.24) is 14.5 Å². The number of likely N-dealkylation sites (tertiary alicyclic amines) is 1. The summed E-state index contributed by atoms with van der Waals surface area (Å²) < 4.78 is 1.79. The van der Waals surface area contributed by atoms with Crippen LogP contribution >= 0.6 is 0 Å². The number of piperidine rings is 1. The maximum Gasteiger partial charge on any atom is 0.354 e. The highest BCUT2D eigenvalue weighted by atomic mass is 16.4. The van der Waals surface area contributed by atoms with Crippen LogP contribution in [0.2, 0.25) is 0 Å². The van der Waals surface area contributed by atoms with E-state index in [9.17, 15) is 4.79 Å². The van der Waals surface area contributed by atoms with Gasteiger partial charge in [0.05, 0.1) is 6.20 Å². The minimum Gasteiger partial charge on any atom is -0.477 e. The molecule has 94 valence electrons. The van der Waals surface area contributed by atoms with Crippen molar-refractivity contribution in [2.24, 2.45) is 0 Å². The lowest BCUT2D eigenvalue weighted by Crippen LogP contribution is -2.33. The van der Waals surface area contributed by atoms with Gasteiger partial charge < -0.3 is 14.6 Å². The van der Waals surface area contributed by atoms with Crippen LogP contribution in [-0.2, 0) is 6.54 Å². The number of aryl methyl sites for hydroxylation is 1. The van der Waals surface area contributed by atoms with Gasteiger partial charge in [0.1, 0.15) is 11.5 Å². The fourth-order valence-corrected chi connectivity index (χ4v) is 2.35. The third kappa shape index (κ3) is 2.85. The van der Waals surface area contributed by atoms with Crippen molar-refractivity contribution in [1.29, 1.82) is 0 Å². The van der Waals surface area contributed by atoms with E-state index in [1.165, 1.54) is 25.5 Å². The Kier molecular flexibility index (Phi) is 3.78. The van der Waals surface area contributed by atoms with Gasteiger partial charge in [-0.2, -0.15) is 0 Å². The number of hydrogen-bond acceptors (Lipinski definition) is 3. The lowest BCUT2D eigenvalue weighted by atomic mass is 10.1. The summed E-state index contributed by atoms with van der Waals surface area (Å²) in [6, 6.07) is 0. The van der Waals surface area contributed by atoms with E-state index in [1.807, 2.05) is 6.92 Å². The zero-order chi connectivity index (χ0) is 12.3. The van der Waals surface area contributed by atoms with Crippen LogP contribution in [0.3, 0.4) is 0 Å². The van der Waals surface area contributed by atoms with Crippen molar-refractivity contribution in [2.45, 2.75) is 32.7 Å². The van der Waals surface area contributed by atoms with E-state index in [0.29, 0.717) is 12.2 Å². The Morgan fingerprint density at radius 2 is 2.06 bits per heavy atom. The average molecular weight is 237 g/mol. The van der Waals surface area contributed by atoms with Crippen LogP contribution < -0.4 is 0 Å². The molecule has 17 heavy (non-hydrogen) atoms. The predicted molar refractivity (Wildman–Crippen MR) is 64.2 cm³/mol. The number of rotatable bonds is 4. The van der Waals surface area contributed by atoms with Gasteiger partial charge in [-0.15, -0.1) is 0 Å². The first-order valence-electron chi connectivity index (χ1n) is 6.16. The van der Waals surface area contributed by atoms with Gasteiger partial charge in [0.25, 0.3) is 0 Å². The van der Waals surface area contributed by atoms with Crippen LogP contribution in [0.15, 0.2) is 6.20 Å². The van der Waals surface area contributed by atoms with E-state index < -0.39 is 5.97 Å². The number of aromatic carboxylic acids is 1. The molecule has 1 aromatic rings. The van der Waals surface area contributed by atoms with Gasteiger partial charge >= 0.3 is 5.97 Å². The molecule has 1 aromatic heterocycles. The van der Waals surface area contributed by atoms with E-state index in [0.717, 1.165) is 25.5 Å². The minimum absolute atomic E-state index is 0.291. The van der Waals surface area contributed by atoms with E-state index in [1.54, 1.807) is 4.57 Å². The Morgan fingerprint density at radius 1 is 1.35 bits per heavy atom. The maximum absolute atomic E-state index is 11.0. The summed E-state index contributed by atoms with van der Waals surface area (Å²) in [4.78, 5) is 17.5. The molecule has 5 heteroatoms. The van der Waals surface area contributed by atoms with Crippen LogP contribution in [-0.4, -0.2) is 45.2 Å². The number of carboxylic acids is 1. The largest absolute Gasteiger partial charge is 0.477 e. The number of imidazole rings is 1. The second-order valence-electron chi connectivity index (χ2n) is 4.55. The van der Waals surface area contributed by atoms with Gasteiger partial charge in [-0.1, -0.05) is 6.42 Å². The number of carboxylic acid groups (broad SMARTS) is 1. The van der Waals surface area contributed by atoms with Crippen LogP contribution in [0.4, 0.5) is 0 Å². The fraction of sp³-hybridized carbons (Fsp3) is 0.667. The molecule has 2 heterocycles. The highest BCUT2D eigenvalue weighted by molar-refractivity contribution is 5.85. The number of aromatic nitrogens is 2. The molecule has 5 nitrogen and oxygen atoms in total. The van der Waals surface area contributed by atoms with Crippen molar-refractivity contribution in [3.8, 4) is 0 Å². The van der Waals surface area contributed by atoms with E-state index in [2.05, 4.69) is 9.88 Å². The van der Waals surface area contributed by atoms with Crippen molar-refractivity contribution >= 4 is 5.97 Å². The summed E-state index contributed by atoms with van der Waals surface area (Å²) in [5, 5.41) is 9.04. The molecule has 0 radical (unpaired) electrons. The molecule has 1 N–H and O–H groups in total. The molecule has 0 bridgehead atoms. The number of hydrogen-bond donors (Lipinski definition) is 1. The van der Waals surface area contributed by atoms with E-state index in [4.69, 9.17) is 5.11 Å². The Balaban J connectivity index is 1.97. The molecule has 0 saturated carbocycles. The second kappa shape index (κ2) is 5.31. The van der Waals surface area contributed by atoms with Crippen LogP contribution in [0.1, 0.15) is 35.6 Å². The van der Waals surface area contributed by atoms with Gasteiger partial charge in [0.15, 0.2) is 0 Å². The fourth-order valence-electron chi connectivity index (χ4n) is 2.35. The maximum atomic E-state index is 11.0. The topological polar surface area (TPSA) is 58.4 Å². The molecule has 1 aliphatic heterocycles. The molecular formula is C12H19N3O2. The van der Waals surface area contributed by atoms with Crippen LogP contribution in [0.5, 0.6) is 0 Å². The molecule has 1 saturated heterocycles. The van der Waals surface area contributed by atoms with Gasteiger partial charge in [-0.25, -0.2) is 9.78 Å². The third-order valence-electron chi connectivity index (χ3n) is 3.36. The second-order valence-corrected chi connectivity index (χ2v) is 4.55. The SMILES string of the molecule is Cc1ncc(C(=O)O)n1CCN1CCCCC1. The normalized spacial score (nSPS) is 17.2. The zero-order valence-electron chi connectivity index (χ0n) is 10.2. The van der Waals surface area contributed by atoms with Crippen molar-refractivity contribution in [3.05, 3.63) is 17.7 Å². The third-order valence-corrected chi connectivity index (χ3v) is 3.36. The first-order valence-corrected chi connectivity index (χ1v) is 6.16. The summed E-state index contributed by atoms with van der Waals surface area (Å²) in [6.45, 7) is 5.75. The number of carbonyl (C=O) groups is 1. The molecule has 0 aromatic carbocycles. The molecule has 2 rings (SSSR count). The lowest BCUT2D eigenvalue weighted by molar-refractivity contribution is 0.0683. The van der Waals surface area contributed by atoms with Crippen molar-refractivity contribution in [3.63, 3.8) is 0 Å². The molecule has 0 aliphatic carbocycles. The average Bonchev–Trinajstić information content (AvgIpc) is 2.69. The molecular weight excluding hydrogens is 218 g/mol. The summed E-state index contributed by atoms with van der Waals surface area (Å²) in [5.41, 5.74) is 0.291. The Morgan fingerprint density at radius 3 is 2.71 bits per heavy atom. The summed E-state index contributed by atoms with van der Waals surface area (Å²) in [7, 11) is 0. The standard InChI is InChI=1S/C12H19N3O2/c1-10-13-9-11(12(16)17)15(10)8-7-14-5-3-2-4-6-14/h9H,2-8H2,1H3,(H,16,17). The van der Waals surface area contributed by atoms with Gasteiger partial charge in [0, 0.05) is 13.1 Å². The predicted octanol–water partition coefficient (Wildman–Crippen LogP) is 1.38. The van der Waals surface area contributed by atoms with Crippen LogP contribution in [0.25, 0.3) is 0 Å². The monoisotopic (exact) mass is 237 g/mol. The molecule has 0 atom stereocenters. The Hall–Kier alpha value is -1.36. The molecule has 0 unspecified atom stereocenters. The molecule has 1 fully saturated rings. The lowest BCUT2D eigenvalue weighted by Gasteiger charge is -2.26. The van der Waals surface area contributed by atoms with Gasteiger partial charge in [-0.05, 0) is 32.9 Å². The summed E-state index contributed by atoms with van der Waals surface area (Å²) in [6.07, 6.45) is 5.28. The minimum atomic E-state index is -0.899. The number of nitrogens with zero attached hydrogens (tertiary/aromatic N) is 3. The first-order chi connectivity index (χ1) is 8.18.